The largest absolute Gasteiger partial charge is 0.312 e. The fourth-order valence-electron chi connectivity index (χ4n) is 1.97. The lowest BCUT2D eigenvalue weighted by atomic mass is 10.0. The van der Waals surface area contributed by atoms with Crippen LogP contribution in [0.5, 0.6) is 0 Å². The Balaban J connectivity index is 2.23. The summed E-state index contributed by atoms with van der Waals surface area (Å²) < 4.78 is 14.6. The number of hydrogen-bond acceptors (Lipinski definition) is 2. The van der Waals surface area contributed by atoms with E-state index in [1.807, 2.05) is 19.2 Å². The fraction of sp³-hybridized carbons (Fsp3) is 0.286. The van der Waals surface area contributed by atoms with Crippen molar-refractivity contribution in [3.05, 3.63) is 55.9 Å². The van der Waals surface area contributed by atoms with Gasteiger partial charge in [0.2, 0.25) is 0 Å². The van der Waals surface area contributed by atoms with E-state index in [4.69, 9.17) is 0 Å². The molecule has 18 heavy (non-hydrogen) atoms. The molecule has 0 saturated carbocycles. The number of likely N-dealkylation sites (N-methyl/N-ethyl adjacent to an activating group) is 1. The standard InChI is InChI=1S/C14H15BrFNS/c1-9-5-6-18-14(9)13(17-2)7-10-3-4-11(15)8-12(10)16/h3-6,8,13,17H,7H2,1-2H3. The Hall–Kier alpha value is -0.710. The molecule has 1 N–H and O–H groups in total. The van der Waals surface area contributed by atoms with Crippen LogP contribution in [0.25, 0.3) is 0 Å². The monoisotopic (exact) mass is 327 g/mol. The van der Waals surface area contributed by atoms with Crippen LogP contribution in [0.3, 0.4) is 0 Å². The number of nitrogens with one attached hydrogen (secondary N) is 1. The second kappa shape index (κ2) is 5.95. The summed E-state index contributed by atoms with van der Waals surface area (Å²) in [5.74, 6) is -0.154. The molecule has 1 aromatic heterocycles. The van der Waals surface area contributed by atoms with Crippen LogP contribution in [-0.2, 0) is 6.42 Å². The highest BCUT2D eigenvalue weighted by Gasteiger charge is 2.15. The van der Waals surface area contributed by atoms with Crippen LogP contribution in [-0.4, -0.2) is 7.05 Å². The predicted octanol–water partition coefficient (Wildman–Crippen LogP) is 4.46. The van der Waals surface area contributed by atoms with Gasteiger partial charge in [0.1, 0.15) is 5.82 Å². The van der Waals surface area contributed by atoms with E-state index in [9.17, 15) is 4.39 Å². The van der Waals surface area contributed by atoms with Gasteiger partial charge in [-0.3, -0.25) is 0 Å². The maximum absolute atomic E-state index is 13.8. The first kappa shape index (κ1) is 13.7. The molecule has 1 unspecified atom stereocenters. The number of halogens is 2. The summed E-state index contributed by atoms with van der Waals surface area (Å²) in [7, 11) is 1.92. The molecule has 0 spiro atoms. The second-order valence-electron chi connectivity index (χ2n) is 4.25. The van der Waals surface area contributed by atoms with Gasteiger partial charge >= 0.3 is 0 Å². The predicted molar refractivity (Wildman–Crippen MR) is 78.7 cm³/mol. The lowest BCUT2D eigenvalue weighted by Gasteiger charge is -2.16. The average Bonchev–Trinajstić information content (AvgIpc) is 2.75. The van der Waals surface area contributed by atoms with Crippen molar-refractivity contribution < 1.29 is 4.39 Å². The molecule has 1 aromatic carbocycles. The van der Waals surface area contributed by atoms with Crippen LogP contribution in [0, 0.1) is 12.7 Å². The van der Waals surface area contributed by atoms with E-state index >= 15 is 0 Å². The van der Waals surface area contributed by atoms with Crippen molar-refractivity contribution in [2.45, 2.75) is 19.4 Å². The van der Waals surface area contributed by atoms with Crippen LogP contribution in [0.2, 0.25) is 0 Å². The topological polar surface area (TPSA) is 12.0 Å². The van der Waals surface area contributed by atoms with E-state index in [1.54, 1.807) is 11.3 Å². The Morgan fingerprint density at radius 3 is 2.72 bits per heavy atom. The minimum absolute atomic E-state index is 0.154. The molecule has 0 fully saturated rings. The molecular weight excluding hydrogens is 313 g/mol. The molecule has 0 aliphatic rings. The number of hydrogen-bond donors (Lipinski definition) is 1. The molecule has 0 radical (unpaired) electrons. The van der Waals surface area contributed by atoms with Gasteiger partial charge in [-0.1, -0.05) is 22.0 Å². The Kier molecular flexibility index (Phi) is 4.54. The maximum Gasteiger partial charge on any atom is 0.127 e. The molecule has 4 heteroatoms. The Morgan fingerprint density at radius 1 is 1.39 bits per heavy atom. The molecule has 0 aliphatic carbocycles. The Morgan fingerprint density at radius 2 is 2.17 bits per heavy atom. The van der Waals surface area contributed by atoms with E-state index in [-0.39, 0.29) is 11.9 Å². The summed E-state index contributed by atoms with van der Waals surface area (Å²) in [6, 6.07) is 7.51. The maximum atomic E-state index is 13.8. The van der Waals surface area contributed by atoms with E-state index in [0.717, 1.165) is 10.0 Å². The number of aryl methyl sites for hydroxylation is 1. The van der Waals surface area contributed by atoms with Crippen molar-refractivity contribution in [1.82, 2.24) is 5.32 Å². The van der Waals surface area contributed by atoms with Gasteiger partial charge in [-0.05, 0) is 55.1 Å². The van der Waals surface area contributed by atoms with Crippen molar-refractivity contribution in [3.63, 3.8) is 0 Å². The van der Waals surface area contributed by atoms with Crippen molar-refractivity contribution >= 4 is 27.3 Å². The van der Waals surface area contributed by atoms with Gasteiger partial charge in [0.25, 0.3) is 0 Å². The quantitative estimate of drug-likeness (QED) is 0.874. The molecule has 96 valence electrons. The Labute approximate surface area is 119 Å². The van der Waals surface area contributed by atoms with Crippen LogP contribution >= 0.6 is 27.3 Å². The van der Waals surface area contributed by atoms with Crippen LogP contribution < -0.4 is 5.32 Å². The third-order valence-electron chi connectivity index (χ3n) is 3.01. The van der Waals surface area contributed by atoms with Crippen molar-refractivity contribution in [2.24, 2.45) is 0 Å². The zero-order valence-electron chi connectivity index (χ0n) is 10.3. The molecule has 1 atom stereocenters. The van der Waals surface area contributed by atoms with E-state index in [0.29, 0.717) is 6.42 Å². The average molecular weight is 328 g/mol. The highest BCUT2D eigenvalue weighted by atomic mass is 79.9. The number of benzene rings is 1. The third kappa shape index (κ3) is 2.99. The minimum atomic E-state index is -0.154. The van der Waals surface area contributed by atoms with Crippen molar-refractivity contribution in [3.8, 4) is 0 Å². The number of rotatable bonds is 4. The van der Waals surface area contributed by atoms with Crippen LogP contribution in [0.1, 0.15) is 22.0 Å². The normalized spacial score (nSPS) is 12.7. The summed E-state index contributed by atoms with van der Waals surface area (Å²) >= 11 is 4.99. The summed E-state index contributed by atoms with van der Waals surface area (Å²) in [5.41, 5.74) is 2.00. The third-order valence-corrected chi connectivity index (χ3v) is 4.63. The van der Waals surface area contributed by atoms with E-state index < -0.39 is 0 Å². The van der Waals surface area contributed by atoms with Gasteiger partial charge in [-0.25, -0.2) is 4.39 Å². The summed E-state index contributed by atoms with van der Waals surface area (Å²) in [6.45, 7) is 2.09. The van der Waals surface area contributed by atoms with E-state index in [1.165, 1.54) is 16.5 Å². The summed E-state index contributed by atoms with van der Waals surface area (Å²) in [5, 5.41) is 5.34. The van der Waals surface area contributed by atoms with Crippen LogP contribution in [0.15, 0.2) is 34.1 Å². The molecule has 0 bridgehead atoms. The van der Waals surface area contributed by atoms with Gasteiger partial charge < -0.3 is 5.32 Å². The molecular formula is C14H15BrFNS. The molecule has 1 nitrogen and oxygen atoms in total. The molecule has 0 amide bonds. The fourth-order valence-corrected chi connectivity index (χ4v) is 3.35. The zero-order chi connectivity index (χ0) is 13.1. The molecule has 2 rings (SSSR count). The second-order valence-corrected chi connectivity index (χ2v) is 6.11. The SMILES string of the molecule is CNC(Cc1ccc(Br)cc1F)c1sccc1C. The lowest BCUT2D eigenvalue weighted by Crippen LogP contribution is -2.19. The highest BCUT2D eigenvalue weighted by molar-refractivity contribution is 9.10. The summed E-state index contributed by atoms with van der Waals surface area (Å²) in [4.78, 5) is 1.28. The van der Waals surface area contributed by atoms with E-state index in [2.05, 4.69) is 39.6 Å². The highest BCUT2D eigenvalue weighted by Crippen LogP contribution is 2.28. The first-order valence-corrected chi connectivity index (χ1v) is 7.44. The van der Waals surface area contributed by atoms with Crippen LogP contribution in [0.4, 0.5) is 4.39 Å². The van der Waals surface area contributed by atoms with Crippen molar-refractivity contribution in [2.75, 3.05) is 7.05 Å². The van der Waals surface area contributed by atoms with Gasteiger partial charge in [-0.15, -0.1) is 11.3 Å². The van der Waals surface area contributed by atoms with Gasteiger partial charge in [0.05, 0.1) is 0 Å². The Bertz CT molecular complexity index is 538. The summed E-state index contributed by atoms with van der Waals surface area (Å²) in [6.07, 6.45) is 0.664. The first-order valence-electron chi connectivity index (χ1n) is 5.77. The molecule has 2 aromatic rings. The zero-order valence-corrected chi connectivity index (χ0v) is 12.7. The smallest absolute Gasteiger partial charge is 0.127 e. The van der Waals surface area contributed by atoms with Gasteiger partial charge in [-0.2, -0.15) is 0 Å². The van der Waals surface area contributed by atoms with Gasteiger partial charge in [0, 0.05) is 15.4 Å². The molecule has 0 saturated heterocycles. The van der Waals surface area contributed by atoms with Gasteiger partial charge in [0.15, 0.2) is 0 Å². The molecule has 1 heterocycles. The first-order chi connectivity index (χ1) is 8.61. The molecule has 0 aliphatic heterocycles. The van der Waals surface area contributed by atoms with Crippen molar-refractivity contribution in [1.29, 1.82) is 0 Å². The number of thiophene rings is 1. The minimum Gasteiger partial charge on any atom is -0.312 e. The lowest BCUT2D eigenvalue weighted by molar-refractivity contribution is 0.558.